The van der Waals surface area contributed by atoms with E-state index in [4.69, 9.17) is 0 Å². The van der Waals surface area contributed by atoms with Crippen LogP contribution < -0.4 is 5.32 Å². The fourth-order valence-corrected chi connectivity index (χ4v) is 2.03. The van der Waals surface area contributed by atoms with Gasteiger partial charge in [0, 0.05) is 14.1 Å². The fourth-order valence-electron chi connectivity index (χ4n) is 2.03. The number of hydrogen-bond donors (Lipinski definition) is 1. The summed E-state index contributed by atoms with van der Waals surface area (Å²) in [6.45, 7) is 7.04. The maximum atomic E-state index is 11.5. The number of carbonyl (C=O) groups excluding carboxylic acids is 1. The van der Waals surface area contributed by atoms with Crippen molar-refractivity contribution in [1.82, 2.24) is 15.1 Å². The molecule has 0 aliphatic carbocycles. The first-order valence-corrected chi connectivity index (χ1v) is 6.26. The number of hydrogen-bond acceptors (Lipinski definition) is 3. The number of nitrogens with one attached hydrogen (secondary N) is 1. The Hall–Kier alpha value is -0.610. The van der Waals surface area contributed by atoms with E-state index < -0.39 is 0 Å². The standard InChI is InChI=1S/C12H25N3O/c1-4-13-9-11-5-7-15(8-6-11)10-12(16)14(2)3/h11,13H,4-10H2,1-3H3. The van der Waals surface area contributed by atoms with E-state index in [1.165, 1.54) is 12.8 Å². The second-order valence-corrected chi connectivity index (χ2v) is 4.82. The average Bonchev–Trinajstić information content (AvgIpc) is 2.28. The molecule has 0 radical (unpaired) electrons. The summed E-state index contributed by atoms with van der Waals surface area (Å²) < 4.78 is 0. The van der Waals surface area contributed by atoms with Gasteiger partial charge in [-0.25, -0.2) is 0 Å². The molecule has 0 unspecified atom stereocenters. The number of likely N-dealkylation sites (N-methyl/N-ethyl adjacent to an activating group) is 1. The number of likely N-dealkylation sites (tertiary alicyclic amines) is 1. The Morgan fingerprint density at radius 1 is 1.38 bits per heavy atom. The molecule has 1 rings (SSSR count). The van der Waals surface area contributed by atoms with Crippen LogP contribution in [-0.4, -0.2) is 62.5 Å². The third kappa shape index (κ3) is 4.49. The molecule has 0 aromatic heterocycles. The van der Waals surface area contributed by atoms with Gasteiger partial charge in [0.2, 0.25) is 5.91 Å². The predicted octanol–water partition coefficient (Wildman–Crippen LogP) is 0.396. The van der Waals surface area contributed by atoms with Gasteiger partial charge >= 0.3 is 0 Å². The van der Waals surface area contributed by atoms with Crippen LogP contribution in [0.15, 0.2) is 0 Å². The number of carbonyl (C=O) groups is 1. The number of amides is 1. The fraction of sp³-hybridized carbons (Fsp3) is 0.917. The van der Waals surface area contributed by atoms with Gasteiger partial charge in [-0.2, -0.15) is 0 Å². The quantitative estimate of drug-likeness (QED) is 0.738. The lowest BCUT2D eigenvalue weighted by Gasteiger charge is -2.32. The first kappa shape index (κ1) is 13.5. The summed E-state index contributed by atoms with van der Waals surface area (Å²) in [4.78, 5) is 15.5. The molecule has 1 N–H and O–H groups in total. The van der Waals surface area contributed by atoms with Crippen molar-refractivity contribution in [3.8, 4) is 0 Å². The van der Waals surface area contributed by atoms with E-state index in [1.54, 1.807) is 4.90 Å². The van der Waals surface area contributed by atoms with Crippen LogP contribution in [-0.2, 0) is 4.79 Å². The lowest BCUT2D eigenvalue weighted by atomic mass is 9.97. The molecule has 1 heterocycles. The first-order chi connectivity index (χ1) is 7.63. The third-order valence-electron chi connectivity index (χ3n) is 3.25. The minimum atomic E-state index is 0.213. The van der Waals surface area contributed by atoms with Gasteiger partial charge in [0.15, 0.2) is 0 Å². The molecule has 1 fully saturated rings. The summed E-state index contributed by atoms with van der Waals surface area (Å²) in [5.74, 6) is 1.01. The number of rotatable bonds is 5. The van der Waals surface area contributed by atoms with Gasteiger partial charge in [0.25, 0.3) is 0 Å². The van der Waals surface area contributed by atoms with Gasteiger partial charge in [0.1, 0.15) is 0 Å². The van der Waals surface area contributed by atoms with Crippen LogP contribution in [0.5, 0.6) is 0 Å². The lowest BCUT2D eigenvalue weighted by Crippen LogP contribution is -2.42. The molecule has 1 aliphatic rings. The SMILES string of the molecule is CCNCC1CCN(CC(=O)N(C)C)CC1. The molecule has 0 aromatic rings. The first-order valence-electron chi connectivity index (χ1n) is 6.26. The van der Waals surface area contributed by atoms with Crippen LogP contribution in [0, 0.1) is 5.92 Å². The molecule has 0 atom stereocenters. The average molecular weight is 227 g/mol. The molecule has 0 saturated carbocycles. The van der Waals surface area contributed by atoms with E-state index in [1.807, 2.05) is 14.1 Å². The highest BCUT2D eigenvalue weighted by molar-refractivity contribution is 5.77. The summed E-state index contributed by atoms with van der Waals surface area (Å²) in [5.41, 5.74) is 0. The Morgan fingerprint density at radius 3 is 2.50 bits per heavy atom. The maximum Gasteiger partial charge on any atom is 0.236 e. The molecule has 94 valence electrons. The molecule has 16 heavy (non-hydrogen) atoms. The van der Waals surface area contributed by atoms with Crippen LogP contribution in [0.2, 0.25) is 0 Å². The molecule has 0 aromatic carbocycles. The van der Waals surface area contributed by atoms with Crippen LogP contribution in [0.3, 0.4) is 0 Å². The summed E-state index contributed by atoms with van der Waals surface area (Å²) in [5, 5.41) is 3.40. The Labute approximate surface area is 99.0 Å². The van der Waals surface area contributed by atoms with E-state index in [0.717, 1.165) is 32.1 Å². The van der Waals surface area contributed by atoms with Crippen molar-refractivity contribution in [2.75, 3.05) is 46.8 Å². The van der Waals surface area contributed by atoms with E-state index in [-0.39, 0.29) is 5.91 Å². The molecule has 0 spiro atoms. The van der Waals surface area contributed by atoms with Crippen LogP contribution in [0.4, 0.5) is 0 Å². The highest BCUT2D eigenvalue weighted by atomic mass is 16.2. The Morgan fingerprint density at radius 2 is 2.00 bits per heavy atom. The Kier molecular flexibility index (Phi) is 5.77. The van der Waals surface area contributed by atoms with E-state index in [2.05, 4.69) is 17.1 Å². The summed E-state index contributed by atoms with van der Waals surface area (Å²) in [7, 11) is 3.64. The molecule has 4 nitrogen and oxygen atoms in total. The van der Waals surface area contributed by atoms with E-state index >= 15 is 0 Å². The Bertz CT molecular complexity index is 210. The largest absolute Gasteiger partial charge is 0.348 e. The number of nitrogens with zero attached hydrogens (tertiary/aromatic N) is 2. The zero-order valence-corrected chi connectivity index (χ0v) is 10.8. The van der Waals surface area contributed by atoms with Crippen molar-refractivity contribution in [2.24, 2.45) is 5.92 Å². The van der Waals surface area contributed by atoms with Gasteiger partial charge in [-0.15, -0.1) is 0 Å². The van der Waals surface area contributed by atoms with Crippen molar-refractivity contribution in [2.45, 2.75) is 19.8 Å². The van der Waals surface area contributed by atoms with E-state index in [9.17, 15) is 4.79 Å². The molecule has 1 aliphatic heterocycles. The minimum Gasteiger partial charge on any atom is -0.348 e. The summed E-state index contributed by atoms with van der Waals surface area (Å²) >= 11 is 0. The summed E-state index contributed by atoms with van der Waals surface area (Å²) in [6, 6.07) is 0. The van der Waals surface area contributed by atoms with Crippen molar-refractivity contribution >= 4 is 5.91 Å². The van der Waals surface area contributed by atoms with Crippen molar-refractivity contribution in [3.63, 3.8) is 0 Å². The monoisotopic (exact) mass is 227 g/mol. The molecule has 1 amide bonds. The third-order valence-corrected chi connectivity index (χ3v) is 3.25. The van der Waals surface area contributed by atoms with Crippen molar-refractivity contribution in [3.05, 3.63) is 0 Å². The van der Waals surface area contributed by atoms with Crippen LogP contribution in [0.1, 0.15) is 19.8 Å². The highest BCUT2D eigenvalue weighted by Gasteiger charge is 2.20. The molecule has 1 saturated heterocycles. The normalized spacial score (nSPS) is 18.7. The van der Waals surface area contributed by atoms with Crippen molar-refractivity contribution in [1.29, 1.82) is 0 Å². The molecular weight excluding hydrogens is 202 g/mol. The van der Waals surface area contributed by atoms with Gasteiger partial charge in [-0.1, -0.05) is 6.92 Å². The smallest absolute Gasteiger partial charge is 0.236 e. The van der Waals surface area contributed by atoms with Gasteiger partial charge in [0.05, 0.1) is 6.54 Å². The zero-order valence-electron chi connectivity index (χ0n) is 10.8. The molecular formula is C12H25N3O. The second kappa shape index (κ2) is 6.86. The molecule has 4 heteroatoms. The van der Waals surface area contributed by atoms with Gasteiger partial charge < -0.3 is 10.2 Å². The minimum absolute atomic E-state index is 0.213. The topological polar surface area (TPSA) is 35.6 Å². The van der Waals surface area contributed by atoms with Crippen LogP contribution in [0.25, 0.3) is 0 Å². The Balaban J connectivity index is 2.19. The van der Waals surface area contributed by atoms with Gasteiger partial charge in [-0.3, -0.25) is 9.69 Å². The predicted molar refractivity (Wildman–Crippen MR) is 66.4 cm³/mol. The zero-order chi connectivity index (χ0) is 12.0. The van der Waals surface area contributed by atoms with Crippen molar-refractivity contribution < 1.29 is 4.79 Å². The van der Waals surface area contributed by atoms with E-state index in [0.29, 0.717) is 6.54 Å². The lowest BCUT2D eigenvalue weighted by molar-refractivity contribution is -0.130. The van der Waals surface area contributed by atoms with Crippen LogP contribution >= 0.6 is 0 Å². The highest BCUT2D eigenvalue weighted by Crippen LogP contribution is 2.15. The second-order valence-electron chi connectivity index (χ2n) is 4.82. The van der Waals surface area contributed by atoms with Gasteiger partial charge in [-0.05, 0) is 44.9 Å². The molecule has 0 bridgehead atoms. The maximum absolute atomic E-state index is 11.5. The summed E-state index contributed by atoms with van der Waals surface area (Å²) in [6.07, 6.45) is 2.43. The number of piperidine rings is 1.